The highest BCUT2D eigenvalue weighted by atomic mass is 19.2. The Balaban J connectivity index is 1.39. The van der Waals surface area contributed by atoms with Crippen LogP contribution in [0, 0.1) is 17.5 Å². The Hall–Kier alpha value is -3.40. The molecule has 0 unspecified atom stereocenters. The van der Waals surface area contributed by atoms with Crippen LogP contribution in [0.3, 0.4) is 0 Å². The van der Waals surface area contributed by atoms with Gasteiger partial charge in [-0.2, -0.15) is 4.98 Å². The van der Waals surface area contributed by atoms with Gasteiger partial charge in [-0.25, -0.2) is 13.2 Å². The maximum atomic E-state index is 14.8. The molecule has 1 saturated heterocycles. The predicted molar refractivity (Wildman–Crippen MR) is 125 cm³/mol. The second kappa shape index (κ2) is 9.09. The molecule has 0 spiro atoms. The number of ether oxygens (including phenoxy) is 1. The zero-order chi connectivity index (χ0) is 23.8. The van der Waals surface area contributed by atoms with Gasteiger partial charge >= 0.3 is 0 Å². The van der Waals surface area contributed by atoms with Gasteiger partial charge in [0.25, 0.3) is 6.01 Å². The van der Waals surface area contributed by atoms with E-state index in [1.54, 1.807) is 11.0 Å². The fourth-order valence-corrected chi connectivity index (χ4v) is 4.35. The highest BCUT2D eigenvalue weighted by Gasteiger charge is 2.25. The zero-order valence-corrected chi connectivity index (χ0v) is 19.0. The molecule has 2 aliphatic rings. The summed E-state index contributed by atoms with van der Waals surface area (Å²) in [7, 11) is 0. The number of oxazole rings is 1. The van der Waals surface area contributed by atoms with Gasteiger partial charge in [0.2, 0.25) is 0 Å². The molecule has 1 fully saturated rings. The summed E-state index contributed by atoms with van der Waals surface area (Å²) in [4.78, 5) is 8.17. The molecule has 0 bridgehead atoms. The van der Waals surface area contributed by atoms with Crippen molar-refractivity contribution in [2.45, 2.75) is 19.9 Å². The lowest BCUT2D eigenvalue weighted by atomic mass is 10.1. The molecule has 180 valence electrons. The summed E-state index contributed by atoms with van der Waals surface area (Å²) < 4.78 is 55.2. The number of anilines is 4. The summed E-state index contributed by atoms with van der Waals surface area (Å²) in [5.41, 5.74) is 1.62. The topological polar surface area (TPSA) is 65.8 Å². The Bertz CT molecular complexity index is 1190. The quantitative estimate of drug-likeness (QED) is 0.565. The molecule has 0 saturated carbocycles. The van der Waals surface area contributed by atoms with Gasteiger partial charge in [-0.15, -0.1) is 0 Å². The van der Waals surface area contributed by atoms with Crippen molar-refractivity contribution in [3.63, 3.8) is 0 Å². The third-order valence-corrected chi connectivity index (χ3v) is 6.10. The Kier molecular flexibility index (Phi) is 5.99. The molecule has 34 heavy (non-hydrogen) atoms. The summed E-state index contributed by atoms with van der Waals surface area (Å²) >= 11 is 0. The maximum Gasteiger partial charge on any atom is 0.299 e. The highest BCUT2D eigenvalue weighted by Crippen LogP contribution is 2.39. The molecule has 2 N–H and O–H groups in total. The molecule has 2 aliphatic heterocycles. The van der Waals surface area contributed by atoms with Crippen LogP contribution in [0.5, 0.6) is 5.75 Å². The van der Waals surface area contributed by atoms with E-state index in [4.69, 9.17) is 9.15 Å². The fourth-order valence-electron chi connectivity index (χ4n) is 4.35. The van der Waals surface area contributed by atoms with Crippen LogP contribution in [0.1, 0.15) is 13.8 Å². The Morgan fingerprint density at radius 1 is 1.03 bits per heavy atom. The average molecular weight is 473 g/mol. The van der Waals surface area contributed by atoms with Crippen molar-refractivity contribution in [1.29, 1.82) is 0 Å². The number of piperazine rings is 1. The van der Waals surface area contributed by atoms with Crippen molar-refractivity contribution in [2.75, 3.05) is 54.4 Å². The molecule has 3 aromatic rings. The van der Waals surface area contributed by atoms with E-state index in [1.165, 1.54) is 24.5 Å². The number of nitrogens with one attached hydrogen (secondary N) is 2. The lowest BCUT2D eigenvalue weighted by Gasteiger charge is -2.34. The van der Waals surface area contributed by atoms with E-state index in [1.807, 2.05) is 13.8 Å². The van der Waals surface area contributed by atoms with Crippen molar-refractivity contribution in [1.82, 2.24) is 10.3 Å². The van der Waals surface area contributed by atoms with Gasteiger partial charge in [-0.05, 0) is 38.1 Å². The van der Waals surface area contributed by atoms with Gasteiger partial charge in [0.1, 0.15) is 18.6 Å². The van der Waals surface area contributed by atoms with Gasteiger partial charge in [-0.3, -0.25) is 0 Å². The van der Waals surface area contributed by atoms with E-state index >= 15 is 0 Å². The maximum absolute atomic E-state index is 14.8. The van der Waals surface area contributed by atoms with Crippen molar-refractivity contribution in [3.05, 3.63) is 48.0 Å². The van der Waals surface area contributed by atoms with Crippen molar-refractivity contribution in [2.24, 2.45) is 0 Å². The minimum absolute atomic E-state index is 0.0293. The van der Waals surface area contributed by atoms with Crippen molar-refractivity contribution in [3.8, 4) is 17.0 Å². The number of fused-ring (bicyclic) bond motifs is 1. The van der Waals surface area contributed by atoms with Gasteiger partial charge < -0.3 is 29.6 Å². The molecule has 0 aliphatic carbocycles. The van der Waals surface area contributed by atoms with E-state index in [2.05, 4.69) is 20.5 Å². The van der Waals surface area contributed by atoms with E-state index in [9.17, 15) is 13.2 Å². The summed E-state index contributed by atoms with van der Waals surface area (Å²) in [5.74, 6) is -2.22. The minimum Gasteiger partial charge on any atom is -0.486 e. The number of aromatic nitrogens is 1. The second-order valence-electron chi connectivity index (χ2n) is 8.60. The van der Waals surface area contributed by atoms with E-state index in [-0.39, 0.29) is 29.2 Å². The van der Waals surface area contributed by atoms with Crippen LogP contribution < -0.4 is 25.2 Å². The fraction of sp³-hybridized carbons (Fsp3) is 0.375. The molecule has 1 aromatic heterocycles. The largest absolute Gasteiger partial charge is 0.486 e. The molecule has 2 aromatic carbocycles. The molecule has 7 nitrogen and oxygen atoms in total. The number of hydrogen-bond acceptors (Lipinski definition) is 7. The third kappa shape index (κ3) is 4.13. The van der Waals surface area contributed by atoms with E-state index in [0.717, 1.165) is 0 Å². The Morgan fingerprint density at radius 3 is 2.59 bits per heavy atom. The molecule has 0 atom stereocenters. The predicted octanol–water partition coefficient (Wildman–Crippen LogP) is 4.52. The summed E-state index contributed by atoms with van der Waals surface area (Å²) in [5, 5.41) is 5.87. The molecule has 0 radical (unpaired) electrons. The zero-order valence-electron chi connectivity index (χ0n) is 19.0. The van der Waals surface area contributed by atoms with Gasteiger partial charge in [0.05, 0.1) is 23.6 Å². The first-order chi connectivity index (χ1) is 16.4. The van der Waals surface area contributed by atoms with Crippen LogP contribution in [0.15, 0.2) is 34.9 Å². The number of nitrogens with zero attached hydrogens (tertiary/aromatic N) is 3. The summed E-state index contributed by atoms with van der Waals surface area (Å²) in [6.45, 7) is 7.74. The standard InChI is InChI=1S/C24H26F3N5O2/c1-14(2)32-9-10-33-23-16(25)11-15(12-20(23)32)18-13-34-24(30-18)29-17-3-4-19(22(27)21(17)26)31-7-5-28-6-8-31/h3-4,11-14,28H,5-10H2,1-2H3,(H,29,30). The molecule has 3 heterocycles. The first kappa shape index (κ1) is 22.4. The van der Waals surface area contributed by atoms with Gasteiger partial charge in [0, 0.05) is 37.8 Å². The number of benzene rings is 2. The van der Waals surface area contributed by atoms with Crippen LogP contribution in [0.4, 0.5) is 36.2 Å². The first-order valence-corrected chi connectivity index (χ1v) is 11.3. The van der Waals surface area contributed by atoms with E-state index < -0.39 is 17.5 Å². The first-order valence-electron chi connectivity index (χ1n) is 11.3. The Morgan fingerprint density at radius 2 is 1.82 bits per heavy atom. The lowest BCUT2D eigenvalue weighted by molar-refractivity contribution is 0.287. The van der Waals surface area contributed by atoms with Gasteiger partial charge in [-0.1, -0.05) is 0 Å². The number of halogens is 3. The normalized spacial score (nSPS) is 15.9. The van der Waals surface area contributed by atoms with E-state index in [0.29, 0.717) is 56.3 Å². The van der Waals surface area contributed by atoms with Crippen LogP contribution >= 0.6 is 0 Å². The molecular weight excluding hydrogens is 447 g/mol. The molecule has 5 rings (SSSR count). The SMILES string of the molecule is CC(C)N1CCOc2c(F)cc(-c3coc(Nc4ccc(N5CCNCC5)c(F)c4F)n3)cc21. The summed E-state index contributed by atoms with van der Waals surface area (Å²) in [6.07, 6.45) is 1.34. The van der Waals surface area contributed by atoms with Crippen LogP contribution in [-0.2, 0) is 0 Å². The molecule has 10 heteroatoms. The second-order valence-corrected chi connectivity index (χ2v) is 8.60. The molecular formula is C24H26F3N5O2. The van der Waals surface area contributed by atoms with Crippen molar-refractivity contribution >= 4 is 23.1 Å². The third-order valence-electron chi connectivity index (χ3n) is 6.10. The van der Waals surface area contributed by atoms with Crippen LogP contribution in [0.2, 0.25) is 0 Å². The number of hydrogen-bond donors (Lipinski definition) is 2. The minimum atomic E-state index is -1.01. The van der Waals surface area contributed by atoms with Gasteiger partial charge in [0.15, 0.2) is 23.2 Å². The monoisotopic (exact) mass is 473 g/mol. The van der Waals surface area contributed by atoms with Crippen LogP contribution in [-0.4, -0.2) is 50.4 Å². The lowest BCUT2D eigenvalue weighted by Crippen LogP contribution is -2.44. The summed E-state index contributed by atoms with van der Waals surface area (Å²) in [6, 6.07) is 6.24. The smallest absolute Gasteiger partial charge is 0.299 e. The number of rotatable bonds is 5. The Labute approximate surface area is 195 Å². The average Bonchev–Trinajstić information content (AvgIpc) is 3.31. The molecule has 0 amide bonds. The highest BCUT2D eigenvalue weighted by molar-refractivity contribution is 5.72. The van der Waals surface area contributed by atoms with Crippen molar-refractivity contribution < 1.29 is 22.3 Å². The van der Waals surface area contributed by atoms with Crippen LogP contribution in [0.25, 0.3) is 11.3 Å².